The van der Waals surface area contributed by atoms with Gasteiger partial charge in [0.2, 0.25) is 0 Å². The van der Waals surface area contributed by atoms with Crippen molar-refractivity contribution in [3.63, 3.8) is 0 Å². The lowest BCUT2D eigenvalue weighted by Gasteiger charge is -2.36. The van der Waals surface area contributed by atoms with Gasteiger partial charge in [0.25, 0.3) is 0 Å². The Labute approximate surface area is 140 Å². The van der Waals surface area contributed by atoms with E-state index in [1.54, 1.807) is 4.90 Å². The Morgan fingerprint density at radius 1 is 0.944 bits per heavy atom. The molecule has 0 aromatic rings. The number of nitrogens with zero attached hydrogens (tertiary/aromatic N) is 3. The molecule has 1 saturated heterocycles. The Morgan fingerprint density at radius 2 is 1.44 bits per heavy atom. The van der Waals surface area contributed by atoms with Gasteiger partial charge in [-0.2, -0.15) is 0 Å². The second kappa shape index (κ2) is 8.23. The molecule has 1 rings (SSSR count). The summed E-state index contributed by atoms with van der Waals surface area (Å²) in [6.45, 7) is 5.36. The summed E-state index contributed by atoms with van der Waals surface area (Å²) in [6.07, 6.45) is 0. The predicted molar refractivity (Wildman–Crippen MR) is 99.5 cm³/mol. The second-order valence-electron chi connectivity index (χ2n) is 3.83. The van der Waals surface area contributed by atoms with Crippen LogP contribution in [0.25, 0.3) is 0 Å². The zero-order chi connectivity index (χ0) is 13.7. The van der Waals surface area contributed by atoms with Crippen molar-refractivity contribution in [2.45, 2.75) is 0 Å². The van der Waals surface area contributed by atoms with Crippen LogP contribution in [0.5, 0.6) is 0 Å². The lowest BCUT2D eigenvalue weighted by atomic mass is 10.3. The molecule has 18 heavy (non-hydrogen) atoms. The van der Waals surface area contributed by atoms with Crippen LogP contribution >= 0.6 is 74.5 Å². The molecule has 1 heterocycles. The molecule has 0 saturated carbocycles. The van der Waals surface area contributed by atoms with Crippen molar-refractivity contribution in [3.8, 4) is 0 Å². The Kier molecular flexibility index (Phi) is 7.74. The molecule has 9 heteroatoms. The van der Waals surface area contributed by atoms with Crippen LogP contribution in [-0.4, -0.2) is 66.9 Å². The van der Waals surface area contributed by atoms with Gasteiger partial charge in [0, 0.05) is 39.3 Å². The lowest BCUT2D eigenvalue weighted by Crippen LogP contribution is -2.49. The molecule has 0 aromatic heterocycles. The average Bonchev–Trinajstić information content (AvgIpc) is 2.28. The molecule has 0 N–H and O–H groups in total. The quantitative estimate of drug-likeness (QED) is 0.519. The molecule has 102 valence electrons. The van der Waals surface area contributed by atoms with Crippen molar-refractivity contribution in [1.29, 1.82) is 0 Å². The van der Waals surface area contributed by atoms with Gasteiger partial charge >= 0.3 is 0 Å². The minimum absolute atomic E-state index is 0.463. The second-order valence-corrected chi connectivity index (χ2v) is 7.17. The van der Waals surface area contributed by atoms with Crippen molar-refractivity contribution >= 4 is 87.5 Å². The molecule has 0 atom stereocenters. The van der Waals surface area contributed by atoms with Crippen molar-refractivity contribution in [3.05, 3.63) is 0 Å². The molecule has 0 aliphatic carbocycles. The van der Waals surface area contributed by atoms with Crippen molar-refractivity contribution in [2.75, 3.05) is 39.3 Å². The maximum Gasteiger partial charge on any atom is 0.138 e. The fourth-order valence-corrected chi connectivity index (χ4v) is 3.10. The molecule has 1 fully saturated rings. The molecule has 1 aliphatic heterocycles. The summed E-state index contributed by atoms with van der Waals surface area (Å²) in [4.78, 5) is 6.18. The van der Waals surface area contributed by atoms with Crippen LogP contribution in [0.2, 0.25) is 0 Å². The fourth-order valence-electron chi connectivity index (χ4n) is 1.68. The number of hydrogen-bond donors (Lipinski definition) is 3. The van der Waals surface area contributed by atoms with Crippen LogP contribution in [0.4, 0.5) is 0 Å². The molecule has 0 radical (unpaired) electrons. The van der Waals surface area contributed by atoms with Gasteiger partial charge in [-0.25, -0.2) is 0 Å². The number of thiocarbonyl (C=S) groups is 3. The summed E-state index contributed by atoms with van der Waals surface area (Å²) in [7, 11) is 0. The molecule has 0 unspecified atom stereocenters. The Bertz CT molecular complexity index is 325. The third-order valence-electron chi connectivity index (χ3n) is 2.74. The standard InChI is InChI=1S/C9H15N3S6/c13-7(14)11-4-1-10(2-5-11)3-6-12(8(15)16)9(17)18/h1-6H2,(H,13,14)(H,15,16)(H,17,18). The first-order valence-corrected chi connectivity index (χ1v) is 7.92. The number of hydrogen-bond acceptors (Lipinski definition) is 4. The third kappa shape index (κ3) is 5.48. The summed E-state index contributed by atoms with van der Waals surface area (Å²) < 4.78 is 1.60. The van der Waals surface area contributed by atoms with Gasteiger partial charge in [0.05, 0.1) is 0 Å². The van der Waals surface area contributed by atoms with Crippen LogP contribution < -0.4 is 0 Å². The van der Waals surface area contributed by atoms with Gasteiger partial charge in [-0.15, -0.1) is 37.9 Å². The lowest BCUT2D eigenvalue weighted by molar-refractivity contribution is 0.183. The van der Waals surface area contributed by atoms with E-state index in [1.165, 1.54) is 0 Å². The average molecular weight is 358 g/mol. The highest BCUT2D eigenvalue weighted by molar-refractivity contribution is 8.13. The summed E-state index contributed by atoms with van der Waals surface area (Å²) in [5, 5.41) is 0. The normalized spacial score (nSPS) is 16.5. The minimum Gasteiger partial charge on any atom is -0.355 e. The Morgan fingerprint density at radius 3 is 1.83 bits per heavy atom. The largest absolute Gasteiger partial charge is 0.355 e. The number of thiol groups is 3. The number of rotatable bonds is 3. The third-order valence-corrected chi connectivity index (χ3v) is 4.21. The first-order chi connectivity index (χ1) is 8.41. The van der Waals surface area contributed by atoms with E-state index >= 15 is 0 Å². The smallest absolute Gasteiger partial charge is 0.138 e. The van der Waals surface area contributed by atoms with Crippen LogP contribution in [-0.2, 0) is 0 Å². The minimum atomic E-state index is 0.463. The zero-order valence-electron chi connectivity index (χ0n) is 9.65. The van der Waals surface area contributed by atoms with Crippen LogP contribution in [0, 0.1) is 0 Å². The summed E-state index contributed by atoms with van der Waals surface area (Å²) >= 11 is 27.5. The van der Waals surface area contributed by atoms with Gasteiger partial charge in [-0.1, -0.05) is 36.7 Å². The summed E-state index contributed by atoms with van der Waals surface area (Å²) in [6, 6.07) is 0. The summed E-state index contributed by atoms with van der Waals surface area (Å²) in [5.74, 6) is 0. The first-order valence-electron chi connectivity index (χ1n) is 5.35. The molecule has 0 aromatic carbocycles. The maximum absolute atomic E-state index is 5.04. The van der Waals surface area contributed by atoms with E-state index in [1.807, 2.05) is 0 Å². The topological polar surface area (TPSA) is 9.72 Å². The molecule has 3 nitrogen and oxygen atoms in total. The van der Waals surface area contributed by atoms with E-state index < -0.39 is 0 Å². The van der Waals surface area contributed by atoms with Crippen molar-refractivity contribution in [1.82, 2.24) is 14.7 Å². The van der Waals surface area contributed by atoms with Crippen LogP contribution in [0.3, 0.4) is 0 Å². The predicted octanol–water partition coefficient (Wildman–Crippen LogP) is 1.55. The van der Waals surface area contributed by atoms with Crippen LogP contribution in [0.1, 0.15) is 0 Å². The molecule has 1 aliphatic rings. The Balaban J connectivity index is 2.35. The highest BCUT2D eigenvalue weighted by Gasteiger charge is 2.18. The molecular weight excluding hydrogens is 343 g/mol. The summed E-state index contributed by atoms with van der Waals surface area (Å²) in [5.41, 5.74) is 0. The first kappa shape index (κ1) is 16.9. The van der Waals surface area contributed by atoms with Gasteiger partial charge < -0.3 is 9.80 Å². The van der Waals surface area contributed by atoms with Crippen molar-refractivity contribution in [2.24, 2.45) is 0 Å². The van der Waals surface area contributed by atoms with E-state index in [2.05, 4.69) is 47.7 Å². The fraction of sp³-hybridized carbons (Fsp3) is 0.667. The molecule has 0 amide bonds. The van der Waals surface area contributed by atoms with E-state index in [0.717, 1.165) is 39.3 Å². The SMILES string of the molecule is S=C(S)N1CCN(CCN(C(=S)S)C(=S)S)CC1. The van der Waals surface area contributed by atoms with Crippen molar-refractivity contribution < 1.29 is 0 Å². The highest BCUT2D eigenvalue weighted by Crippen LogP contribution is 2.07. The highest BCUT2D eigenvalue weighted by atomic mass is 32.1. The van der Waals surface area contributed by atoms with Gasteiger partial charge in [-0.05, 0) is 0 Å². The van der Waals surface area contributed by atoms with E-state index in [9.17, 15) is 0 Å². The van der Waals surface area contributed by atoms with E-state index in [4.69, 9.17) is 36.7 Å². The van der Waals surface area contributed by atoms with Crippen LogP contribution in [0.15, 0.2) is 0 Å². The Hall–Kier alpha value is 0.880. The molecular formula is C9H15N3S6. The van der Waals surface area contributed by atoms with Gasteiger partial charge in [-0.3, -0.25) is 4.90 Å². The zero-order valence-corrected chi connectivity index (χ0v) is 14.8. The monoisotopic (exact) mass is 357 g/mol. The van der Waals surface area contributed by atoms with E-state index in [-0.39, 0.29) is 0 Å². The molecule has 0 bridgehead atoms. The maximum atomic E-state index is 5.04. The number of piperazine rings is 1. The molecule has 0 spiro atoms. The van der Waals surface area contributed by atoms with E-state index in [0.29, 0.717) is 13.0 Å². The van der Waals surface area contributed by atoms with Gasteiger partial charge in [0.15, 0.2) is 0 Å². The van der Waals surface area contributed by atoms with Gasteiger partial charge in [0.1, 0.15) is 13.0 Å².